The molecule has 0 radical (unpaired) electrons. The summed E-state index contributed by atoms with van der Waals surface area (Å²) in [5.41, 5.74) is -82.8. The third kappa shape index (κ3) is 6.32. The fourth-order valence-corrected chi connectivity index (χ4v) is 11.1. The van der Waals surface area contributed by atoms with Crippen LogP contribution in [-0.4, -0.2) is 178 Å². The minimum absolute atomic E-state index is 8.43. The molecule has 0 aliphatic heterocycles. The van der Waals surface area contributed by atoms with Gasteiger partial charge in [-0.1, -0.05) is 0 Å². The normalized spacial score (nSPS) is 39.6. The zero-order chi connectivity index (χ0) is 76.5. The van der Waals surface area contributed by atoms with Crippen molar-refractivity contribution >= 4 is 0 Å². The maximum absolute atomic E-state index is 16.7. The van der Waals surface area contributed by atoms with Crippen molar-refractivity contribution in [2.45, 2.75) is 178 Å². The Labute approximate surface area is 458 Å². The average Bonchev–Trinajstić information content (AvgIpc) is 0.706. The van der Waals surface area contributed by atoms with E-state index in [-0.39, 0.29) is 0 Å². The van der Waals surface area contributed by atoms with Gasteiger partial charge in [-0.15, -0.1) is 0 Å². The van der Waals surface area contributed by atoms with Crippen molar-refractivity contribution in [3.63, 3.8) is 0 Å². The molecule has 6 aliphatic carbocycles. The molecule has 6 rings (SSSR count). The molecule has 0 saturated heterocycles. The molecule has 6 saturated carbocycles. The molecule has 0 heterocycles. The Bertz CT molecular complexity index is 2860. The van der Waals surface area contributed by atoms with Crippen molar-refractivity contribution in [1.82, 2.24) is 0 Å². The standard InChI is InChI=1S/C21F40.C12F20/c22-3(6(27,28)10(35,36)14(43,44)17(49,50)18(51,52)15(45,46)11(37,38)7(3,29)30)1(19(53,54)55)2(20(56,57)58,21(59,60)61)5(25,26)9(33,34)13(41,42)16(47,48)12(39,40)8(31,32)4(1,23)24;13-2(12(30,31)32)1(11(27,28)29)6(17,18)4(15)8(21,22)3(2,14)9(23,24)5(16,7(1,19)20)10(4,25)26. The summed E-state index contributed by atoms with van der Waals surface area (Å²) in [6.07, 6.45) is -52.0. The monoisotopic (exact) mass is 1540 g/mol. The first-order valence-corrected chi connectivity index (χ1v) is 20.3. The number of rotatable bonds is 1. The van der Waals surface area contributed by atoms with Gasteiger partial charge in [-0.2, -0.15) is 224 Å². The van der Waals surface area contributed by atoms with E-state index in [1.165, 1.54) is 0 Å². The molecule has 0 amide bonds. The maximum atomic E-state index is 16.7. The fourth-order valence-electron chi connectivity index (χ4n) is 11.1. The van der Waals surface area contributed by atoms with Crippen LogP contribution in [-0.2, 0) is 0 Å². The van der Waals surface area contributed by atoms with E-state index in [2.05, 4.69) is 0 Å². The first-order valence-electron chi connectivity index (χ1n) is 20.3. The first kappa shape index (κ1) is 81.2. The molecule has 4 atom stereocenters. The highest BCUT2D eigenvalue weighted by molar-refractivity contribution is 5.56. The van der Waals surface area contributed by atoms with Gasteiger partial charge >= 0.3 is 161 Å². The van der Waals surface area contributed by atoms with Gasteiger partial charge in [-0.3, -0.25) is 0 Å². The van der Waals surface area contributed by atoms with Gasteiger partial charge in [-0.05, 0) is 0 Å². The summed E-state index contributed by atoms with van der Waals surface area (Å²) in [7, 11) is 0. The summed E-state index contributed by atoms with van der Waals surface area (Å²) in [4.78, 5) is 0. The zero-order valence-corrected chi connectivity index (χ0v) is 39.2. The van der Waals surface area contributed by atoms with Crippen LogP contribution >= 0.6 is 0 Å². The van der Waals surface area contributed by atoms with Crippen molar-refractivity contribution < 1.29 is 263 Å². The van der Waals surface area contributed by atoms with E-state index < -0.39 is 194 Å². The Kier molecular flexibility index (Phi) is 15.4. The molecule has 0 N–H and O–H groups in total. The highest BCUT2D eigenvalue weighted by Crippen LogP contribution is 2.95. The van der Waals surface area contributed by atoms with E-state index in [0.29, 0.717) is 0 Å². The van der Waals surface area contributed by atoms with Crippen molar-refractivity contribution in [3.05, 3.63) is 0 Å². The molecule has 6 aliphatic rings. The SMILES string of the molecule is FC(F)(F)C1(C(F)(F)F)C(F)(F)C(F)(F)C(F)(F)C(F)(F)C(F)(F)C(F)(F)C(F)(F)C1(C(F)(F)F)C1(F)C(F)(F)C(F)(F)C(F)(F)C(F)(F)C(F)(F)C(F)(F)C(F)(F)C1(F)F.FC(F)(F)C1(F)C2(F)C(F)(F)C3(F)C(F)(F)C(F)(C2(F)F)C(F)(F)C1(C(F)(F)F)C3(F)F. The molecule has 552 valence electrons. The lowest BCUT2D eigenvalue weighted by atomic mass is 9.33. The van der Waals surface area contributed by atoms with Crippen LogP contribution in [0.1, 0.15) is 0 Å². The second kappa shape index (κ2) is 17.6. The van der Waals surface area contributed by atoms with Crippen LogP contribution in [0.15, 0.2) is 0 Å². The van der Waals surface area contributed by atoms with Crippen LogP contribution in [0.5, 0.6) is 0 Å². The summed E-state index contributed by atoms with van der Waals surface area (Å²) in [5, 5.41) is 0. The Balaban J connectivity index is 0.000000479. The number of halogens is 60. The van der Waals surface area contributed by atoms with Gasteiger partial charge in [0.1, 0.15) is 0 Å². The summed E-state index contributed by atoms with van der Waals surface area (Å²) in [6, 6.07) is 0. The highest BCUT2D eigenvalue weighted by Gasteiger charge is 3.27. The molecule has 93 heavy (non-hydrogen) atoms. The van der Waals surface area contributed by atoms with Crippen LogP contribution in [0.4, 0.5) is 263 Å². The number of hydrogen-bond acceptors (Lipinski definition) is 0. The van der Waals surface area contributed by atoms with Crippen molar-refractivity contribution in [3.8, 4) is 0 Å². The van der Waals surface area contributed by atoms with Gasteiger partial charge in [0, 0.05) is 0 Å². The minimum atomic E-state index is -13.4. The smallest absolute Gasteiger partial charge is 0.229 e. The van der Waals surface area contributed by atoms with E-state index in [9.17, 15) is 224 Å². The maximum Gasteiger partial charge on any atom is 0.427 e. The second-order valence-corrected chi connectivity index (χ2v) is 19.5. The van der Waals surface area contributed by atoms with Crippen LogP contribution in [0.3, 0.4) is 0 Å². The first-order chi connectivity index (χ1) is 39.0. The van der Waals surface area contributed by atoms with E-state index in [4.69, 9.17) is 0 Å². The summed E-state index contributed by atoms with van der Waals surface area (Å²) in [5.74, 6) is -211. The van der Waals surface area contributed by atoms with Crippen LogP contribution in [0, 0.1) is 16.2 Å². The number of alkyl halides is 60. The predicted molar refractivity (Wildman–Crippen MR) is 156 cm³/mol. The van der Waals surface area contributed by atoms with E-state index in [1.807, 2.05) is 0 Å². The second-order valence-electron chi connectivity index (χ2n) is 19.5. The van der Waals surface area contributed by atoms with Crippen molar-refractivity contribution in [1.29, 1.82) is 0 Å². The molecule has 4 unspecified atom stereocenters. The molecule has 0 aromatic carbocycles. The molecule has 6 fully saturated rings. The summed E-state index contributed by atoms with van der Waals surface area (Å²) in [6.45, 7) is 0. The lowest BCUT2D eigenvalue weighted by Gasteiger charge is -2.76. The zero-order valence-electron chi connectivity index (χ0n) is 39.2. The van der Waals surface area contributed by atoms with Gasteiger partial charge < -0.3 is 0 Å². The third-order valence-electron chi connectivity index (χ3n) is 15.5. The van der Waals surface area contributed by atoms with Crippen molar-refractivity contribution in [2.24, 2.45) is 16.2 Å². The van der Waals surface area contributed by atoms with Crippen LogP contribution < -0.4 is 0 Å². The quantitative estimate of drug-likeness (QED) is 0.230. The van der Waals surface area contributed by atoms with E-state index in [1.54, 1.807) is 0 Å². The van der Waals surface area contributed by atoms with Gasteiger partial charge in [-0.25, -0.2) is 39.5 Å². The van der Waals surface area contributed by atoms with Gasteiger partial charge in [0.05, 0.1) is 0 Å². The van der Waals surface area contributed by atoms with E-state index >= 15 is 39.5 Å². The topological polar surface area (TPSA) is 0 Å². The molecule has 4 bridgehead atoms. The molecular formula is C33F60. The lowest BCUT2D eigenvalue weighted by Crippen LogP contribution is -3.10. The Hall–Kier alpha value is -4.20. The molecule has 0 aromatic rings. The van der Waals surface area contributed by atoms with Crippen molar-refractivity contribution in [2.75, 3.05) is 0 Å². The highest BCUT2D eigenvalue weighted by atomic mass is 19.5. The molecule has 0 spiro atoms. The molecular weight excluding hydrogens is 1540 g/mol. The summed E-state index contributed by atoms with van der Waals surface area (Å²) >= 11 is 0. The predicted octanol–water partition coefficient (Wildman–Crippen LogP) is 19.1. The lowest BCUT2D eigenvalue weighted by molar-refractivity contribution is -0.637. The van der Waals surface area contributed by atoms with Gasteiger partial charge in [0.2, 0.25) is 10.8 Å². The largest absolute Gasteiger partial charge is 0.427 e. The van der Waals surface area contributed by atoms with Gasteiger partial charge in [0.15, 0.2) is 0 Å². The Morgan fingerprint density at radius 2 is 0.290 bits per heavy atom. The average molecular weight is 1540 g/mol. The Morgan fingerprint density at radius 3 is 0.473 bits per heavy atom. The van der Waals surface area contributed by atoms with Crippen LogP contribution in [0.25, 0.3) is 0 Å². The third-order valence-corrected chi connectivity index (χ3v) is 15.5. The molecule has 0 nitrogen and oxygen atoms in total. The molecule has 0 aromatic heterocycles. The Morgan fingerprint density at radius 1 is 0.118 bits per heavy atom. The number of hydrogen-bond donors (Lipinski definition) is 0. The van der Waals surface area contributed by atoms with Gasteiger partial charge in [0.25, 0.3) is 22.4 Å². The van der Waals surface area contributed by atoms with Crippen LogP contribution in [0.2, 0.25) is 0 Å². The van der Waals surface area contributed by atoms with E-state index in [0.717, 1.165) is 0 Å². The summed E-state index contributed by atoms with van der Waals surface area (Å²) < 4.78 is 867. The minimum Gasteiger partial charge on any atom is -0.229 e. The fraction of sp³-hybridized carbons (Fsp3) is 1.00. The molecule has 60 heteroatoms.